The first-order valence-corrected chi connectivity index (χ1v) is 8.42. The number of fused-ring (bicyclic) bond motifs is 2. The Bertz CT molecular complexity index is 1220. The first-order chi connectivity index (χ1) is 13.6. The quantitative estimate of drug-likeness (QED) is 0.530. The average Bonchev–Trinajstić information content (AvgIpc) is 3.15. The molecular weight excluding hydrogens is 360 g/mol. The second-order valence-corrected chi connectivity index (χ2v) is 5.99. The molecule has 0 saturated heterocycles. The number of anilines is 1. The van der Waals surface area contributed by atoms with Gasteiger partial charge in [0.1, 0.15) is 22.5 Å². The second kappa shape index (κ2) is 6.99. The third kappa shape index (κ3) is 3.01. The van der Waals surface area contributed by atoms with Crippen LogP contribution in [0.3, 0.4) is 0 Å². The Hall–Kier alpha value is -3.94. The summed E-state index contributed by atoms with van der Waals surface area (Å²) in [4.78, 5) is 36.1. The summed E-state index contributed by atoms with van der Waals surface area (Å²) < 4.78 is 10.1. The predicted octanol–water partition coefficient (Wildman–Crippen LogP) is 3.16. The molecule has 4 rings (SSSR count). The van der Waals surface area contributed by atoms with Gasteiger partial charge in [0.15, 0.2) is 0 Å². The summed E-state index contributed by atoms with van der Waals surface area (Å²) >= 11 is 0. The first kappa shape index (κ1) is 17.5. The topological polar surface area (TPSA) is 106 Å². The van der Waals surface area contributed by atoms with Gasteiger partial charge in [0.2, 0.25) is 5.95 Å². The van der Waals surface area contributed by atoms with Gasteiger partial charge in [-0.3, -0.25) is 15.1 Å². The normalized spacial score (nSPS) is 10.8. The lowest BCUT2D eigenvalue weighted by molar-refractivity contribution is 0.0602. The van der Waals surface area contributed by atoms with Crippen molar-refractivity contribution in [1.82, 2.24) is 15.0 Å². The molecule has 0 fully saturated rings. The molecule has 0 atom stereocenters. The monoisotopic (exact) mass is 376 g/mol. The summed E-state index contributed by atoms with van der Waals surface area (Å²) in [6.07, 6.45) is 1.64. The van der Waals surface area contributed by atoms with Crippen LogP contribution < -0.4 is 10.1 Å². The lowest BCUT2D eigenvalue weighted by Gasteiger charge is -2.04. The van der Waals surface area contributed by atoms with Gasteiger partial charge in [-0.05, 0) is 23.6 Å². The minimum Gasteiger partial charge on any atom is -0.494 e. The molecule has 8 nitrogen and oxygen atoms in total. The van der Waals surface area contributed by atoms with Crippen molar-refractivity contribution in [3.05, 3.63) is 59.9 Å². The number of imidazole rings is 1. The fraction of sp³-hybridized carbons (Fsp3) is 0.100. The van der Waals surface area contributed by atoms with Crippen LogP contribution in [0.5, 0.6) is 5.75 Å². The van der Waals surface area contributed by atoms with Crippen LogP contribution in [-0.2, 0) is 4.74 Å². The van der Waals surface area contributed by atoms with E-state index in [4.69, 9.17) is 9.47 Å². The third-order valence-electron chi connectivity index (χ3n) is 4.33. The van der Waals surface area contributed by atoms with Crippen molar-refractivity contribution in [3.8, 4) is 5.75 Å². The lowest BCUT2D eigenvalue weighted by Crippen LogP contribution is -2.14. The Kier molecular flexibility index (Phi) is 4.36. The SMILES string of the molecule is COC(=O)c1ccc(OC)c2[nH]c(NC(=O)c3cc4ccccc4cn3)nc12. The molecule has 0 aliphatic rings. The van der Waals surface area contributed by atoms with Crippen LogP contribution in [-0.4, -0.2) is 41.0 Å². The number of H-pyrrole nitrogens is 1. The van der Waals surface area contributed by atoms with Gasteiger partial charge in [-0.1, -0.05) is 24.3 Å². The molecule has 2 N–H and O–H groups in total. The number of aromatic amines is 1. The highest BCUT2D eigenvalue weighted by atomic mass is 16.5. The fourth-order valence-electron chi connectivity index (χ4n) is 2.95. The van der Waals surface area contributed by atoms with Crippen molar-refractivity contribution >= 4 is 39.6 Å². The third-order valence-corrected chi connectivity index (χ3v) is 4.33. The molecule has 8 heteroatoms. The van der Waals surface area contributed by atoms with Crippen LogP contribution in [0.4, 0.5) is 5.95 Å². The van der Waals surface area contributed by atoms with E-state index < -0.39 is 11.9 Å². The van der Waals surface area contributed by atoms with Crippen LogP contribution in [0, 0.1) is 0 Å². The van der Waals surface area contributed by atoms with E-state index in [-0.39, 0.29) is 17.2 Å². The van der Waals surface area contributed by atoms with Crippen LogP contribution in [0.25, 0.3) is 21.8 Å². The van der Waals surface area contributed by atoms with Crippen molar-refractivity contribution < 1.29 is 19.1 Å². The number of esters is 1. The summed E-state index contributed by atoms with van der Waals surface area (Å²) in [5, 5.41) is 4.52. The molecule has 0 saturated carbocycles. The molecule has 0 bridgehead atoms. The number of hydrogen-bond acceptors (Lipinski definition) is 6. The molecule has 1 amide bonds. The number of nitrogens with zero attached hydrogens (tertiary/aromatic N) is 2. The van der Waals surface area contributed by atoms with E-state index in [1.54, 1.807) is 24.4 Å². The van der Waals surface area contributed by atoms with Crippen molar-refractivity contribution in [2.75, 3.05) is 19.5 Å². The molecule has 0 aliphatic carbocycles. The molecule has 0 spiro atoms. The Morgan fingerprint density at radius 3 is 2.61 bits per heavy atom. The van der Waals surface area contributed by atoms with E-state index in [9.17, 15) is 9.59 Å². The number of rotatable bonds is 4. The Morgan fingerprint density at radius 2 is 1.86 bits per heavy atom. The molecule has 140 valence electrons. The van der Waals surface area contributed by atoms with E-state index >= 15 is 0 Å². The molecule has 2 heterocycles. The van der Waals surface area contributed by atoms with E-state index in [0.717, 1.165) is 10.8 Å². The van der Waals surface area contributed by atoms with Crippen molar-refractivity contribution in [3.63, 3.8) is 0 Å². The maximum absolute atomic E-state index is 12.6. The van der Waals surface area contributed by atoms with Crippen LogP contribution >= 0.6 is 0 Å². The molecule has 4 aromatic rings. The van der Waals surface area contributed by atoms with Crippen LogP contribution in [0.15, 0.2) is 48.7 Å². The van der Waals surface area contributed by atoms with E-state index in [1.165, 1.54) is 14.2 Å². The number of pyridine rings is 1. The van der Waals surface area contributed by atoms with Gasteiger partial charge < -0.3 is 14.5 Å². The Balaban J connectivity index is 1.70. The molecule has 0 aliphatic heterocycles. The zero-order valence-corrected chi connectivity index (χ0v) is 15.1. The smallest absolute Gasteiger partial charge is 0.340 e. The van der Waals surface area contributed by atoms with Gasteiger partial charge in [-0.2, -0.15) is 0 Å². The van der Waals surface area contributed by atoms with Gasteiger partial charge in [0.05, 0.1) is 19.8 Å². The van der Waals surface area contributed by atoms with E-state index in [0.29, 0.717) is 16.8 Å². The highest BCUT2D eigenvalue weighted by Gasteiger charge is 2.19. The Labute approximate surface area is 159 Å². The minimum absolute atomic E-state index is 0.171. The first-order valence-electron chi connectivity index (χ1n) is 8.42. The molecular formula is C20H16N4O4. The van der Waals surface area contributed by atoms with Crippen molar-refractivity contribution in [2.45, 2.75) is 0 Å². The summed E-state index contributed by atoms with van der Waals surface area (Å²) in [6, 6.07) is 12.5. The molecule has 28 heavy (non-hydrogen) atoms. The van der Waals surface area contributed by atoms with E-state index in [1.807, 2.05) is 24.3 Å². The predicted molar refractivity (Wildman–Crippen MR) is 104 cm³/mol. The second-order valence-electron chi connectivity index (χ2n) is 5.99. The van der Waals surface area contributed by atoms with Crippen molar-refractivity contribution in [2.24, 2.45) is 0 Å². The van der Waals surface area contributed by atoms with Gasteiger partial charge in [-0.15, -0.1) is 0 Å². The number of carbonyl (C=O) groups excluding carboxylic acids is 2. The summed E-state index contributed by atoms with van der Waals surface area (Å²) in [5.41, 5.74) is 1.33. The zero-order chi connectivity index (χ0) is 19.7. The standard InChI is InChI=1S/C20H16N4O4/c1-27-15-8-7-13(19(26)28-2)16-17(15)23-20(22-16)24-18(25)14-9-11-5-3-4-6-12(11)10-21-14/h3-10H,1-2H3,(H2,22,23,24,25). The highest BCUT2D eigenvalue weighted by Crippen LogP contribution is 2.28. The van der Waals surface area contributed by atoms with Crippen molar-refractivity contribution in [1.29, 1.82) is 0 Å². The van der Waals surface area contributed by atoms with Gasteiger partial charge in [0, 0.05) is 11.6 Å². The summed E-state index contributed by atoms with van der Waals surface area (Å²) in [5.74, 6) is -0.305. The highest BCUT2D eigenvalue weighted by molar-refractivity contribution is 6.07. The summed E-state index contributed by atoms with van der Waals surface area (Å²) in [7, 11) is 2.80. The van der Waals surface area contributed by atoms with Gasteiger partial charge in [0.25, 0.3) is 5.91 Å². The number of nitrogens with one attached hydrogen (secondary N) is 2. The lowest BCUT2D eigenvalue weighted by atomic mass is 10.1. The number of aromatic nitrogens is 3. The largest absolute Gasteiger partial charge is 0.494 e. The minimum atomic E-state index is -0.534. The average molecular weight is 376 g/mol. The molecule has 2 aromatic carbocycles. The zero-order valence-electron chi connectivity index (χ0n) is 15.1. The number of carbonyl (C=O) groups is 2. The maximum Gasteiger partial charge on any atom is 0.340 e. The molecule has 0 radical (unpaired) electrons. The number of ether oxygens (including phenoxy) is 2. The number of amides is 1. The summed E-state index contributed by atoms with van der Waals surface area (Å²) in [6.45, 7) is 0. The van der Waals surface area contributed by atoms with Crippen LogP contribution in [0.1, 0.15) is 20.8 Å². The Morgan fingerprint density at radius 1 is 1.07 bits per heavy atom. The van der Waals surface area contributed by atoms with Gasteiger partial charge in [-0.25, -0.2) is 9.78 Å². The number of benzene rings is 2. The maximum atomic E-state index is 12.6. The molecule has 0 unspecified atom stereocenters. The number of methoxy groups -OCH3 is 2. The fourth-order valence-corrected chi connectivity index (χ4v) is 2.95. The van der Waals surface area contributed by atoms with E-state index in [2.05, 4.69) is 20.3 Å². The van der Waals surface area contributed by atoms with Gasteiger partial charge >= 0.3 is 5.97 Å². The van der Waals surface area contributed by atoms with Crippen LogP contribution in [0.2, 0.25) is 0 Å². The molecule has 2 aromatic heterocycles. The number of hydrogen-bond donors (Lipinski definition) is 2.